The molecule has 2 aromatic carbocycles. The predicted octanol–water partition coefficient (Wildman–Crippen LogP) is 2.53. The van der Waals surface area contributed by atoms with Gasteiger partial charge in [0, 0.05) is 11.8 Å². The Morgan fingerprint density at radius 1 is 1.17 bits per heavy atom. The zero-order valence-electron chi connectivity index (χ0n) is 16.4. The number of rotatable bonds is 3. The number of nitrogens with zero attached hydrogens (tertiary/aromatic N) is 1. The molecular weight excluding hydrogens is 386 g/mol. The topological polar surface area (TPSA) is 97.0 Å². The third kappa shape index (κ3) is 2.71. The van der Waals surface area contributed by atoms with Crippen LogP contribution in [0.15, 0.2) is 42.5 Å². The van der Waals surface area contributed by atoms with Crippen molar-refractivity contribution in [1.29, 1.82) is 0 Å². The minimum atomic E-state index is -1.10. The Balaban J connectivity index is 1.39. The summed E-state index contributed by atoms with van der Waals surface area (Å²) in [6, 6.07) is 11.2. The SMILES string of the molecule is C[C@@H](C(=O)Nc1ccc2c(c1)OCO2)N1C(=O)N[C@@]2(CCCc3ccccc32)C1=O. The zero-order valence-corrected chi connectivity index (χ0v) is 16.4. The van der Waals surface area contributed by atoms with Crippen LogP contribution in [0.1, 0.15) is 30.9 Å². The average Bonchev–Trinajstić information content (AvgIpc) is 3.30. The first kappa shape index (κ1) is 18.5. The molecule has 2 heterocycles. The van der Waals surface area contributed by atoms with E-state index in [4.69, 9.17) is 9.47 Å². The second-order valence-corrected chi connectivity index (χ2v) is 7.75. The zero-order chi connectivity index (χ0) is 20.9. The van der Waals surface area contributed by atoms with Gasteiger partial charge in [-0.1, -0.05) is 24.3 Å². The molecular formula is C22H21N3O5. The second kappa shape index (κ2) is 6.76. The number of imide groups is 1. The van der Waals surface area contributed by atoms with Gasteiger partial charge in [-0.2, -0.15) is 0 Å². The molecule has 8 heteroatoms. The summed E-state index contributed by atoms with van der Waals surface area (Å²) in [5.41, 5.74) is 1.28. The van der Waals surface area contributed by atoms with Gasteiger partial charge in [-0.3, -0.25) is 9.59 Å². The quantitative estimate of drug-likeness (QED) is 0.762. The number of amides is 4. The van der Waals surface area contributed by atoms with Gasteiger partial charge in [-0.05, 0) is 49.4 Å². The van der Waals surface area contributed by atoms with E-state index in [0.717, 1.165) is 28.9 Å². The van der Waals surface area contributed by atoms with E-state index in [1.54, 1.807) is 25.1 Å². The van der Waals surface area contributed by atoms with Gasteiger partial charge >= 0.3 is 6.03 Å². The third-order valence-electron chi connectivity index (χ3n) is 6.00. The van der Waals surface area contributed by atoms with Crippen molar-refractivity contribution >= 4 is 23.5 Å². The molecule has 1 aliphatic carbocycles. The lowest BCUT2D eigenvalue weighted by Crippen LogP contribution is -2.49. The fraction of sp³-hybridized carbons (Fsp3) is 0.318. The predicted molar refractivity (Wildman–Crippen MR) is 107 cm³/mol. The molecule has 1 fully saturated rings. The van der Waals surface area contributed by atoms with Crippen LogP contribution in [0.4, 0.5) is 10.5 Å². The Labute approximate surface area is 173 Å². The van der Waals surface area contributed by atoms with Crippen molar-refractivity contribution in [3.05, 3.63) is 53.6 Å². The molecule has 3 aliphatic rings. The lowest BCUT2D eigenvalue weighted by Gasteiger charge is -2.33. The van der Waals surface area contributed by atoms with Gasteiger partial charge < -0.3 is 20.1 Å². The maximum Gasteiger partial charge on any atom is 0.326 e. The van der Waals surface area contributed by atoms with E-state index in [1.807, 2.05) is 24.3 Å². The standard InChI is InChI=1S/C22H21N3O5/c1-13(19(26)23-15-8-9-17-18(11-15)30-12-29-17)25-20(27)22(24-21(25)28)10-4-6-14-5-2-3-7-16(14)22/h2-3,5,7-9,11,13H,4,6,10,12H2,1H3,(H,23,26)(H,24,28)/t13-,22+/m0/s1. The molecule has 1 saturated heterocycles. The molecule has 2 atom stereocenters. The van der Waals surface area contributed by atoms with Crippen molar-refractivity contribution in [2.75, 3.05) is 12.1 Å². The van der Waals surface area contributed by atoms with Gasteiger partial charge in [0.15, 0.2) is 11.5 Å². The van der Waals surface area contributed by atoms with Crippen LogP contribution in [0.5, 0.6) is 11.5 Å². The number of ether oxygens (including phenoxy) is 2. The molecule has 2 N–H and O–H groups in total. The Morgan fingerprint density at radius 2 is 1.97 bits per heavy atom. The second-order valence-electron chi connectivity index (χ2n) is 7.75. The van der Waals surface area contributed by atoms with Crippen molar-refractivity contribution in [3.63, 3.8) is 0 Å². The van der Waals surface area contributed by atoms with E-state index in [0.29, 0.717) is 23.6 Å². The molecule has 0 bridgehead atoms. The Bertz CT molecular complexity index is 1070. The first-order chi connectivity index (χ1) is 14.5. The van der Waals surface area contributed by atoms with E-state index < -0.39 is 23.5 Å². The van der Waals surface area contributed by atoms with E-state index in [9.17, 15) is 14.4 Å². The highest BCUT2D eigenvalue weighted by Crippen LogP contribution is 2.40. The Hall–Kier alpha value is -3.55. The largest absolute Gasteiger partial charge is 0.454 e. The van der Waals surface area contributed by atoms with Crippen LogP contribution in [-0.4, -0.2) is 35.6 Å². The van der Waals surface area contributed by atoms with Crippen LogP contribution in [-0.2, 0) is 21.5 Å². The van der Waals surface area contributed by atoms with Crippen LogP contribution in [0.3, 0.4) is 0 Å². The lowest BCUT2D eigenvalue weighted by molar-refractivity contribution is -0.137. The first-order valence-corrected chi connectivity index (χ1v) is 9.94. The van der Waals surface area contributed by atoms with Gasteiger partial charge in [-0.15, -0.1) is 0 Å². The van der Waals surface area contributed by atoms with Crippen molar-refractivity contribution in [3.8, 4) is 11.5 Å². The fourth-order valence-electron chi connectivity index (χ4n) is 4.47. The van der Waals surface area contributed by atoms with Crippen molar-refractivity contribution < 1.29 is 23.9 Å². The fourth-order valence-corrected chi connectivity index (χ4v) is 4.47. The summed E-state index contributed by atoms with van der Waals surface area (Å²) < 4.78 is 10.6. The third-order valence-corrected chi connectivity index (χ3v) is 6.00. The summed E-state index contributed by atoms with van der Waals surface area (Å²) in [5.74, 6) is 0.299. The molecule has 8 nitrogen and oxygen atoms in total. The Morgan fingerprint density at radius 3 is 2.83 bits per heavy atom. The molecule has 1 spiro atoms. The molecule has 154 valence electrons. The van der Waals surface area contributed by atoms with Crippen molar-refractivity contribution in [2.45, 2.75) is 37.8 Å². The van der Waals surface area contributed by atoms with Crippen molar-refractivity contribution in [1.82, 2.24) is 10.2 Å². The van der Waals surface area contributed by atoms with Crippen LogP contribution in [0, 0.1) is 0 Å². The number of hydrogen-bond acceptors (Lipinski definition) is 5. The van der Waals surface area contributed by atoms with Gasteiger partial charge in [0.2, 0.25) is 12.7 Å². The van der Waals surface area contributed by atoms with Crippen LogP contribution < -0.4 is 20.1 Å². The van der Waals surface area contributed by atoms with Crippen LogP contribution in [0.25, 0.3) is 0 Å². The summed E-state index contributed by atoms with van der Waals surface area (Å²) in [7, 11) is 0. The summed E-state index contributed by atoms with van der Waals surface area (Å²) in [5, 5.41) is 5.63. The van der Waals surface area contributed by atoms with Gasteiger partial charge in [0.1, 0.15) is 11.6 Å². The van der Waals surface area contributed by atoms with E-state index in [1.165, 1.54) is 0 Å². The summed E-state index contributed by atoms with van der Waals surface area (Å²) in [6.45, 7) is 1.68. The van der Waals surface area contributed by atoms with E-state index >= 15 is 0 Å². The molecule has 0 aromatic heterocycles. The monoisotopic (exact) mass is 407 g/mol. The number of carbonyl (C=O) groups is 3. The molecule has 0 radical (unpaired) electrons. The van der Waals surface area contributed by atoms with E-state index in [-0.39, 0.29) is 12.7 Å². The molecule has 2 aromatic rings. The number of hydrogen-bond donors (Lipinski definition) is 2. The van der Waals surface area contributed by atoms with Gasteiger partial charge in [0.05, 0.1) is 0 Å². The molecule has 2 aliphatic heterocycles. The molecule has 4 amide bonds. The van der Waals surface area contributed by atoms with Gasteiger partial charge in [-0.25, -0.2) is 9.69 Å². The molecule has 0 saturated carbocycles. The number of urea groups is 1. The molecule has 0 unspecified atom stereocenters. The average molecular weight is 407 g/mol. The summed E-state index contributed by atoms with van der Waals surface area (Å²) in [4.78, 5) is 40.1. The summed E-state index contributed by atoms with van der Waals surface area (Å²) >= 11 is 0. The number of carbonyl (C=O) groups excluding carboxylic acids is 3. The van der Waals surface area contributed by atoms with E-state index in [2.05, 4.69) is 10.6 Å². The highest BCUT2D eigenvalue weighted by Gasteiger charge is 2.55. The number of aryl methyl sites for hydroxylation is 1. The minimum Gasteiger partial charge on any atom is -0.454 e. The Kier molecular flexibility index (Phi) is 4.16. The number of benzene rings is 2. The van der Waals surface area contributed by atoms with Crippen LogP contribution >= 0.6 is 0 Å². The highest BCUT2D eigenvalue weighted by molar-refractivity contribution is 6.11. The number of nitrogens with one attached hydrogen (secondary N) is 2. The maximum atomic E-state index is 13.4. The minimum absolute atomic E-state index is 0.134. The highest BCUT2D eigenvalue weighted by atomic mass is 16.7. The normalized spacial score (nSPS) is 22.6. The van der Waals surface area contributed by atoms with Crippen LogP contribution in [0.2, 0.25) is 0 Å². The maximum absolute atomic E-state index is 13.4. The lowest BCUT2D eigenvalue weighted by atomic mass is 9.76. The molecule has 30 heavy (non-hydrogen) atoms. The van der Waals surface area contributed by atoms with Crippen molar-refractivity contribution in [2.24, 2.45) is 0 Å². The number of fused-ring (bicyclic) bond motifs is 3. The smallest absolute Gasteiger partial charge is 0.326 e. The number of anilines is 1. The summed E-state index contributed by atoms with van der Waals surface area (Å²) in [6.07, 6.45) is 2.16. The molecule has 5 rings (SSSR count). The first-order valence-electron chi connectivity index (χ1n) is 9.94. The van der Waals surface area contributed by atoms with Gasteiger partial charge in [0.25, 0.3) is 5.91 Å².